The molecule has 0 aliphatic carbocycles. The SMILES string of the molecule is COc1ccc([N+](=O)[O-])cc1N1C(=O)[C@@H]2[C@H](C1=O)[C@H]1c3ccccc3C=CN1[C@@H]2C(=O)Nc1cccc(C(F)(F)F)c1. The fourth-order valence-electron chi connectivity index (χ4n) is 6.05. The van der Waals surface area contributed by atoms with Crippen LogP contribution in [-0.2, 0) is 20.6 Å². The van der Waals surface area contributed by atoms with Gasteiger partial charge in [-0.2, -0.15) is 13.2 Å². The van der Waals surface area contributed by atoms with E-state index in [2.05, 4.69) is 5.32 Å². The minimum Gasteiger partial charge on any atom is -0.495 e. The van der Waals surface area contributed by atoms with Gasteiger partial charge in [-0.05, 0) is 41.5 Å². The highest BCUT2D eigenvalue weighted by molar-refractivity contribution is 6.25. The van der Waals surface area contributed by atoms with Crippen LogP contribution in [0.25, 0.3) is 6.08 Å². The van der Waals surface area contributed by atoms with E-state index in [1.807, 2.05) is 6.07 Å². The molecule has 3 aromatic rings. The number of benzene rings is 3. The Kier molecular flexibility index (Phi) is 6.24. The fourth-order valence-corrected chi connectivity index (χ4v) is 6.05. The number of imide groups is 1. The van der Waals surface area contributed by atoms with Gasteiger partial charge in [-0.3, -0.25) is 24.5 Å². The van der Waals surface area contributed by atoms with Crippen LogP contribution in [0, 0.1) is 22.0 Å². The number of fused-ring (bicyclic) bond motifs is 5. The van der Waals surface area contributed by atoms with Gasteiger partial charge in [-0.1, -0.05) is 30.3 Å². The third-order valence-electron chi connectivity index (χ3n) is 7.80. The molecule has 0 saturated carbocycles. The smallest absolute Gasteiger partial charge is 0.416 e. The molecule has 2 saturated heterocycles. The van der Waals surface area contributed by atoms with Gasteiger partial charge >= 0.3 is 6.18 Å². The molecule has 0 bridgehead atoms. The summed E-state index contributed by atoms with van der Waals surface area (Å²) in [5, 5.41) is 14.0. The van der Waals surface area contributed by atoms with E-state index in [4.69, 9.17) is 4.74 Å². The minimum atomic E-state index is -4.64. The lowest BCUT2D eigenvalue weighted by molar-refractivity contribution is -0.384. The summed E-state index contributed by atoms with van der Waals surface area (Å²) in [6.07, 6.45) is -1.32. The average molecular weight is 579 g/mol. The van der Waals surface area contributed by atoms with E-state index in [1.54, 1.807) is 35.4 Å². The largest absolute Gasteiger partial charge is 0.495 e. The number of rotatable bonds is 5. The highest BCUT2D eigenvalue weighted by Crippen LogP contribution is 2.54. The summed E-state index contributed by atoms with van der Waals surface area (Å²) >= 11 is 0. The number of amides is 3. The van der Waals surface area contributed by atoms with Crippen LogP contribution in [0.3, 0.4) is 0 Å². The number of hydrogen-bond acceptors (Lipinski definition) is 7. The van der Waals surface area contributed by atoms with Crippen molar-refractivity contribution in [1.29, 1.82) is 0 Å². The number of non-ortho nitro benzene ring substituents is 1. The van der Waals surface area contributed by atoms with Gasteiger partial charge in [-0.25, -0.2) is 4.90 Å². The predicted molar refractivity (Wildman–Crippen MR) is 143 cm³/mol. The number of nitrogens with one attached hydrogen (secondary N) is 1. The standard InChI is InChI=1S/C29H21F3N4O6/c1-42-21-10-9-18(36(40)41)14-20(21)35-27(38)22-23(28(35)39)25(34-12-11-15-5-2-3-8-19(15)24(22)34)26(37)33-17-7-4-6-16(13-17)29(30,31)32/h2-14,22-25H,1H3,(H,33,37)/t22-,23+,24+,25-/m0/s1. The van der Waals surface area contributed by atoms with E-state index in [-0.39, 0.29) is 22.8 Å². The number of alkyl halides is 3. The molecular formula is C29H21F3N4O6. The molecule has 2 fully saturated rings. The van der Waals surface area contributed by atoms with E-state index in [0.717, 1.165) is 34.7 Å². The van der Waals surface area contributed by atoms with E-state index >= 15 is 0 Å². The maximum atomic E-state index is 14.1. The Balaban J connectivity index is 1.44. The number of nitro groups is 1. The van der Waals surface area contributed by atoms with Gasteiger partial charge in [0.25, 0.3) is 5.69 Å². The molecule has 0 radical (unpaired) electrons. The highest BCUT2D eigenvalue weighted by Gasteiger charge is 2.65. The van der Waals surface area contributed by atoms with Crippen molar-refractivity contribution < 1.29 is 37.2 Å². The van der Waals surface area contributed by atoms with Crippen LogP contribution in [0.2, 0.25) is 0 Å². The molecule has 3 amide bonds. The molecule has 1 N–H and O–H groups in total. The Morgan fingerprint density at radius 1 is 1.00 bits per heavy atom. The molecule has 0 unspecified atom stereocenters. The Morgan fingerprint density at radius 2 is 1.74 bits per heavy atom. The summed E-state index contributed by atoms with van der Waals surface area (Å²) in [5.74, 6) is -4.55. The molecule has 10 nitrogen and oxygen atoms in total. The number of carbonyl (C=O) groups excluding carboxylic acids is 3. The lowest BCUT2D eigenvalue weighted by atomic mass is 9.84. The number of nitro benzene ring substituents is 1. The van der Waals surface area contributed by atoms with Crippen molar-refractivity contribution >= 4 is 40.9 Å². The van der Waals surface area contributed by atoms with Gasteiger partial charge < -0.3 is 15.0 Å². The van der Waals surface area contributed by atoms with Crippen molar-refractivity contribution in [3.63, 3.8) is 0 Å². The lowest BCUT2D eigenvalue weighted by Crippen LogP contribution is -2.46. The quantitative estimate of drug-likeness (QED) is 0.263. The summed E-state index contributed by atoms with van der Waals surface area (Å²) in [7, 11) is 1.28. The second kappa shape index (κ2) is 9.72. The van der Waals surface area contributed by atoms with Gasteiger partial charge in [0.1, 0.15) is 17.5 Å². The van der Waals surface area contributed by atoms with Crippen molar-refractivity contribution in [2.24, 2.45) is 11.8 Å². The summed E-state index contributed by atoms with van der Waals surface area (Å²) in [6, 6.07) is 12.7. The first kappa shape index (κ1) is 27.0. The maximum absolute atomic E-state index is 14.1. The molecule has 42 heavy (non-hydrogen) atoms. The predicted octanol–water partition coefficient (Wildman–Crippen LogP) is 4.78. The molecule has 4 atom stereocenters. The first-order valence-corrected chi connectivity index (χ1v) is 12.7. The summed E-state index contributed by atoms with van der Waals surface area (Å²) in [4.78, 5) is 55.1. The number of halogens is 3. The van der Waals surface area contributed by atoms with Gasteiger partial charge in [0.05, 0.1) is 35.5 Å². The molecule has 13 heteroatoms. The fraction of sp³-hybridized carbons (Fsp3) is 0.207. The van der Waals surface area contributed by atoms with Crippen LogP contribution in [0.1, 0.15) is 22.7 Å². The number of hydrogen-bond donors (Lipinski definition) is 1. The molecule has 3 aliphatic heterocycles. The average Bonchev–Trinajstić information content (AvgIpc) is 3.44. The third-order valence-corrected chi connectivity index (χ3v) is 7.80. The number of anilines is 2. The first-order chi connectivity index (χ1) is 20.0. The minimum absolute atomic E-state index is 0.0352. The topological polar surface area (TPSA) is 122 Å². The van der Waals surface area contributed by atoms with Gasteiger partial charge in [0.2, 0.25) is 17.7 Å². The Hall–Kier alpha value is -5.20. The Morgan fingerprint density at radius 3 is 2.45 bits per heavy atom. The van der Waals surface area contributed by atoms with E-state index in [9.17, 15) is 37.7 Å². The van der Waals surface area contributed by atoms with Crippen LogP contribution in [0.15, 0.2) is 72.9 Å². The molecule has 6 rings (SSSR count). The van der Waals surface area contributed by atoms with Crippen LogP contribution < -0.4 is 15.0 Å². The number of ether oxygens (including phenoxy) is 1. The van der Waals surface area contributed by atoms with Gasteiger partial charge in [0.15, 0.2) is 0 Å². The number of nitrogens with zero attached hydrogens (tertiary/aromatic N) is 3. The second-order valence-corrected chi connectivity index (χ2v) is 10.0. The first-order valence-electron chi connectivity index (χ1n) is 12.7. The van der Waals surface area contributed by atoms with Crippen LogP contribution in [-0.4, -0.2) is 40.7 Å². The lowest BCUT2D eigenvalue weighted by Gasteiger charge is -2.35. The Labute approximate surface area is 236 Å². The number of carbonyl (C=O) groups is 3. The van der Waals surface area contributed by atoms with Gasteiger partial charge in [0, 0.05) is 24.0 Å². The Bertz CT molecular complexity index is 1690. The second-order valence-electron chi connectivity index (χ2n) is 10.0. The zero-order valence-corrected chi connectivity index (χ0v) is 21.7. The van der Waals surface area contributed by atoms with E-state index < -0.39 is 58.3 Å². The molecule has 0 aromatic heterocycles. The zero-order chi connectivity index (χ0) is 29.9. The molecular weight excluding hydrogens is 557 g/mol. The third kappa shape index (κ3) is 4.16. The molecule has 214 valence electrons. The summed E-state index contributed by atoms with van der Waals surface area (Å²) < 4.78 is 45.2. The monoisotopic (exact) mass is 578 g/mol. The normalized spacial score (nSPS) is 22.5. The van der Waals surface area contributed by atoms with E-state index in [1.165, 1.54) is 25.3 Å². The molecule has 3 aromatic carbocycles. The molecule has 3 aliphatic rings. The zero-order valence-electron chi connectivity index (χ0n) is 21.7. The molecule has 0 spiro atoms. The highest BCUT2D eigenvalue weighted by atomic mass is 19.4. The van der Waals surface area contributed by atoms with Crippen LogP contribution >= 0.6 is 0 Å². The number of methoxy groups -OCH3 is 1. The van der Waals surface area contributed by atoms with Crippen molar-refractivity contribution in [2.45, 2.75) is 18.3 Å². The van der Waals surface area contributed by atoms with Crippen molar-refractivity contribution in [3.8, 4) is 5.75 Å². The summed E-state index contributed by atoms with van der Waals surface area (Å²) in [6.45, 7) is 0. The van der Waals surface area contributed by atoms with Gasteiger partial charge in [-0.15, -0.1) is 0 Å². The van der Waals surface area contributed by atoms with Crippen molar-refractivity contribution in [2.75, 3.05) is 17.3 Å². The maximum Gasteiger partial charge on any atom is 0.416 e. The van der Waals surface area contributed by atoms with Crippen molar-refractivity contribution in [3.05, 3.63) is 99.7 Å². The van der Waals surface area contributed by atoms with Crippen LogP contribution in [0.5, 0.6) is 5.75 Å². The molecule has 3 heterocycles. The van der Waals surface area contributed by atoms with Crippen LogP contribution in [0.4, 0.5) is 30.2 Å². The summed E-state index contributed by atoms with van der Waals surface area (Å²) in [5.41, 5.74) is -0.175. The van der Waals surface area contributed by atoms with Crippen molar-refractivity contribution in [1.82, 2.24) is 4.90 Å². The van der Waals surface area contributed by atoms with E-state index in [0.29, 0.717) is 5.56 Å².